The van der Waals surface area contributed by atoms with Crippen LogP contribution < -0.4 is 0 Å². The molecule has 20 heavy (non-hydrogen) atoms. The maximum Gasteiger partial charge on any atom is 0.310 e. The molecule has 1 N–H and O–H groups in total. The van der Waals surface area contributed by atoms with Crippen molar-refractivity contribution in [3.05, 3.63) is 71.8 Å². The molecular formula is C17H18O3. The molecule has 2 aromatic carbocycles. The Morgan fingerprint density at radius 1 is 1.05 bits per heavy atom. The van der Waals surface area contributed by atoms with E-state index in [9.17, 15) is 9.59 Å². The fourth-order valence-corrected chi connectivity index (χ4v) is 1.77. The van der Waals surface area contributed by atoms with E-state index in [0.717, 1.165) is 17.4 Å². The maximum atomic E-state index is 10.7. The number of carboxylic acids is 1. The van der Waals surface area contributed by atoms with Crippen molar-refractivity contribution in [2.24, 2.45) is 0 Å². The van der Waals surface area contributed by atoms with E-state index in [1.54, 1.807) is 12.1 Å². The number of carboxylic acid groups (broad SMARTS) is 1. The largest absolute Gasteiger partial charge is 0.481 e. The highest BCUT2D eigenvalue weighted by molar-refractivity contribution is 5.76. The summed E-state index contributed by atoms with van der Waals surface area (Å²) >= 11 is 0. The van der Waals surface area contributed by atoms with E-state index >= 15 is 0 Å². The predicted molar refractivity (Wildman–Crippen MR) is 78.9 cm³/mol. The second kappa shape index (κ2) is 8.64. The first-order valence-corrected chi connectivity index (χ1v) is 6.47. The molecule has 0 aliphatic rings. The van der Waals surface area contributed by atoms with Crippen LogP contribution in [-0.4, -0.2) is 17.4 Å². The Bertz CT molecular complexity index is 520. The number of aliphatic carboxylic acids is 1. The summed E-state index contributed by atoms with van der Waals surface area (Å²) in [4.78, 5) is 20.7. The molecule has 2 rings (SSSR count). The first-order valence-electron chi connectivity index (χ1n) is 6.47. The molecule has 1 atom stereocenters. The third kappa shape index (κ3) is 5.06. The first kappa shape index (κ1) is 15.6. The number of rotatable bonds is 4. The van der Waals surface area contributed by atoms with E-state index in [1.165, 1.54) is 0 Å². The molecule has 0 heterocycles. The van der Waals surface area contributed by atoms with Gasteiger partial charge in [-0.3, -0.25) is 9.59 Å². The van der Waals surface area contributed by atoms with Gasteiger partial charge in [-0.15, -0.1) is 0 Å². The molecule has 0 saturated heterocycles. The molecule has 0 aromatic heterocycles. The van der Waals surface area contributed by atoms with Gasteiger partial charge in [-0.2, -0.15) is 0 Å². The Morgan fingerprint density at radius 3 is 1.90 bits per heavy atom. The molecule has 104 valence electrons. The second-order valence-electron chi connectivity index (χ2n) is 4.24. The van der Waals surface area contributed by atoms with E-state index in [4.69, 9.17) is 5.11 Å². The highest BCUT2D eigenvalue weighted by Crippen LogP contribution is 2.18. The lowest BCUT2D eigenvalue weighted by molar-refractivity contribution is -0.138. The van der Waals surface area contributed by atoms with Gasteiger partial charge in [0.05, 0.1) is 5.92 Å². The van der Waals surface area contributed by atoms with Gasteiger partial charge in [0.15, 0.2) is 0 Å². The fourth-order valence-electron chi connectivity index (χ4n) is 1.77. The minimum absolute atomic E-state index is 0.355. The summed E-state index contributed by atoms with van der Waals surface area (Å²) in [7, 11) is 0. The van der Waals surface area contributed by atoms with Crippen molar-refractivity contribution < 1.29 is 14.7 Å². The number of carbonyl (C=O) groups is 2. The maximum absolute atomic E-state index is 10.7. The molecular weight excluding hydrogens is 252 g/mol. The minimum Gasteiger partial charge on any atom is -0.481 e. The van der Waals surface area contributed by atoms with Crippen LogP contribution in [0.5, 0.6) is 0 Å². The van der Waals surface area contributed by atoms with E-state index in [2.05, 4.69) is 0 Å². The van der Waals surface area contributed by atoms with Crippen molar-refractivity contribution in [2.45, 2.75) is 19.3 Å². The van der Waals surface area contributed by atoms with Gasteiger partial charge >= 0.3 is 5.97 Å². The Balaban J connectivity index is 0.000000217. The van der Waals surface area contributed by atoms with Gasteiger partial charge in [0.2, 0.25) is 0 Å². The van der Waals surface area contributed by atoms with Crippen LogP contribution in [-0.2, 0) is 4.79 Å². The Morgan fingerprint density at radius 2 is 1.55 bits per heavy atom. The normalized spacial score (nSPS) is 10.8. The number of hydrogen-bond acceptors (Lipinski definition) is 2. The third-order valence-electron chi connectivity index (χ3n) is 2.84. The van der Waals surface area contributed by atoms with Crippen molar-refractivity contribution in [1.82, 2.24) is 0 Å². The fraction of sp³-hybridized carbons (Fsp3) is 0.176. The Kier molecular flexibility index (Phi) is 6.76. The summed E-state index contributed by atoms with van der Waals surface area (Å²) < 4.78 is 0. The lowest BCUT2D eigenvalue weighted by Gasteiger charge is -2.08. The topological polar surface area (TPSA) is 54.4 Å². The molecule has 3 heteroatoms. The van der Waals surface area contributed by atoms with Crippen LogP contribution in [0.2, 0.25) is 0 Å². The van der Waals surface area contributed by atoms with Crippen molar-refractivity contribution >= 4 is 12.3 Å². The molecule has 2 aromatic rings. The highest BCUT2D eigenvalue weighted by atomic mass is 16.4. The van der Waals surface area contributed by atoms with Crippen LogP contribution in [0.4, 0.5) is 0 Å². The van der Waals surface area contributed by atoms with E-state index < -0.39 is 5.97 Å². The number of carbonyl (C=O) groups excluding carboxylic acids is 1. The molecule has 0 fully saturated rings. The third-order valence-corrected chi connectivity index (χ3v) is 2.84. The molecule has 0 spiro atoms. The van der Waals surface area contributed by atoms with Gasteiger partial charge < -0.3 is 5.11 Å². The van der Waals surface area contributed by atoms with E-state index in [0.29, 0.717) is 6.42 Å². The lowest BCUT2D eigenvalue weighted by Crippen LogP contribution is -2.09. The van der Waals surface area contributed by atoms with Gasteiger partial charge in [0.1, 0.15) is 6.29 Å². The molecule has 0 saturated carbocycles. The zero-order chi connectivity index (χ0) is 14.8. The van der Waals surface area contributed by atoms with E-state index in [1.807, 2.05) is 55.5 Å². The number of aldehydes is 1. The van der Waals surface area contributed by atoms with Crippen LogP contribution in [0, 0.1) is 0 Å². The van der Waals surface area contributed by atoms with Crippen LogP contribution in [0.3, 0.4) is 0 Å². The summed E-state index contributed by atoms with van der Waals surface area (Å²) in [6.07, 6.45) is 1.47. The van der Waals surface area contributed by atoms with Gasteiger partial charge in [-0.05, 0) is 12.0 Å². The van der Waals surface area contributed by atoms with Crippen molar-refractivity contribution in [3.63, 3.8) is 0 Å². The molecule has 0 aliphatic heterocycles. The van der Waals surface area contributed by atoms with Crippen molar-refractivity contribution in [3.8, 4) is 0 Å². The summed E-state index contributed by atoms with van der Waals surface area (Å²) in [5.41, 5.74) is 1.61. The standard InChI is InChI=1S/C10H12O2.C7H6O/c1-2-9(10(11)12)8-6-4-3-5-7-8;8-6-7-4-2-1-3-5-7/h3-7,9H,2H2,1H3,(H,11,12);1-6H. The molecule has 0 radical (unpaired) electrons. The van der Waals surface area contributed by atoms with Gasteiger partial charge in [-0.25, -0.2) is 0 Å². The summed E-state index contributed by atoms with van der Waals surface area (Å²) in [6, 6.07) is 18.4. The molecule has 1 unspecified atom stereocenters. The zero-order valence-electron chi connectivity index (χ0n) is 11.4. The van der Waals surface area contributed by atoms with Gasteiger partial charge in [0.25, 0.3) is 0 Å². The zero-order valence-corrected chi connectivity index (χ0v) is 11.4. The molecule has 0 amide bonds. The Hall–Kier alpha value is -2.42. The van der Waals surface area contributed by atoms with Crippen LogP contribution in [0.1, 0.15) is 35.2 Å². The van der Waals surface area contributed by atoms with Crippen molar-refractivity contribution in [1.29, 1.82) is 0 Å². The number of benzene rings is 2. The summed E-state index contributed by atoms with van der Waals surface area (Å²) in [6.45, 7) is 1.88. The predicted octanol–water partition coefficient (Wildman–Crippen LogP) is 3.76. The molecule has 0 bridgehead atoms. The lowest BCUT2D eigenvalue weighted by atomic mass is 9.97. The smallest absolute Gasteiger partial charge is 0.310 e. The molecule has 0 aliphatic carbocycles. The highest BCUT2D eigenvalue weighted by Gasteiger charge is 2.16. The van der Waals surface area contributed by atoms with Gasteiger partial charge in [0, 0.05) is 5.56 Å². The average Bonchev–Trinajstić information content (AvgIpc) is 2.50. The SMILES string of the molecule is CCC(C(=O)O)c1ccccc1.O=Cc1ccccc1. The van der Waals surface area contributed by atoms with Crippen molar-refractivity contribution in [2.75, 3.05) is 0 Å². The van der Waals surface area contributed by atoms with E-state index in [-0.39, 0.29) is 5.92 Å². The monoisotopic (exact) mass is 270 g/mol. The Labute approximate surface area is 118 Å². The van der Waals surface area contributed by atoms with Crippen LogP contribution >= 0.6 is 0 Å². The van der Waals surface area contributed by atoms with Gasteiger partial charge in [-0.1, -0.05) is 67.6 Å². The minimum atomic E-state index is -0.747. The average molecular weight is 270 g/mol. The van der Waals surface area contributed by atoms with Crippen LogP contribution in [0.15, 0.2) is 60.7 Å². The molecule has 3 nitrogen and oxygen atoms in total. The summed E-state index contributed by atoms with van der Waals surface area (Å²) in [5, 5.41) is 8.83. The number of hydrogen-bond donors (Lipinski definition) is 1. The quantitative estimate of drug-likeness (QED) is 0.860. The second-order valence-corrected chi connectivity index (χ2v) is 4.24. The summed E-state index contributed by atoms with van der Waals surface area (Å²) in [5.74, 6) is -1.10. The van der Waals surface area contributed by atoms with Crippen LogP contribution in [0.25, 0.3) is 0 Å². The first-order chi connectivity index (χ1) is 9.69.